The van der Waals surface area contributed by atoms with E-state index in [0.717, 1.165) is 13.0 Å². The normalized spacial score (nSPS) is 15.6. The van der Waals surface area contributed by atoms with Crippen LogP contribution in [0, 0.1) is 0 Å². The Kier molecular flexibility index (Phi) is 6.74. The monoisotopic (exact) mass is 354 g/mol. The van der Waals surface area contributed by atoms with Gasteiger partial charge < -0.3 is 14.5 Å². The van der Waals surface area contributed by atoms with Crippen LogP contribution in [0.1, 0.15) is 19.2 Å². The summed E-state index contributed by atoms with van der Waals surface area (Å²) in [5.41, 5.74) is -0.399. The van der Waals surface area contributed by atoms with Gasteiger partial charge in [0.05, 0.1) is 13.2 Å². The Hall–Kier alpha value is -2.16. The van der Waals surface area contributed by atoms with Gasteiger partial charge in [-0.25, -0.2) is 8.78 Å². The van der Waals surface area contributed by atoms with E-state index in [1.165, 1.54) is 7.05 Å². The maximum atomic E-state index is 13.2. The van der Waals surface area contributed by atoms with Crippen molar-refractivity contribution in [2.75, 3.05) is 56.7 Å². The zero-order valence-electron chi connectivity index (χ0n) is 14.9. The van der Waals surface area contributed by atoms with Crippen molar-refractivity contribution in [3.8, 4) is 0 Å². The Balaban J connectivity index is 2.43. The van der Waals surface area contributed by atoms with Gasteiger partial charge in [0.25, 0.3) is 6.43 Å². The number of nitrogens with zero attached hydrogens (tertiary/aromatic N) is 6. The lowest BCUT2D eigenvalue weighted by Crippen LogP contribution is -2.38. The highest BCUT2D eigenvalue weighted by Crippen LogP contribution is 2.21. The molecule has 2 heterocycles. The Bertz CT molecular complexity index is 631. The van der Waals surface area contributed by atoms with E-state index in [4.69, 9.17) is 4.74 Å². The molecular formula is C16H24F2N6O. The van der Waals surface area contributed by atoms with Crippen molar-refractivity contribution in [3.63, 3.8) is 0 Å². The standard InChI is InChI=1S/C16H24F2N6O/c1-5-6-23(4)15-20-14(11(2)12(19-3)13(17)18)21-16(22-15)24-7-9-25-10-8-24/h13H,2,5-10H2,1,3-4H3/b19-12+. The molecule has 138 valence electrons. The number of hydrogen-bond donors (Lipinski definition) is 0. The van der Waals surface area contributed by atoms with Crippen LogP contribution in [0.5, 0.6) is 0 Å². The Labute approximate surface area is 146 Å². The number of aromatic nitrogens is 3. The zero-order valence-corrected chi connectivity index (χ0v) is 14.9. The van der Waals surface area contributed by atoms with Crippen molar-refractivity contribution in [2.24, 2.45) is 4.99 Å². The van der Waals surface area contributed by atoms with Crippen molar-refractivity contribution >= 4 is 23.2 Å². The number of allylic oxidation sites excluding steroid dienone is 1. The number of ether oxygens (including phenoxy) is 1. The molecule has 1 saturated heterocycles. The second-order valence-corrected chi connectivity index (χ2v) is 5.67. The summed E-state index contributed by atoms with van der Waals surface area (Å²) in [5.74, 6) is 0.992. The molecule has 7 nitrogen and oxygen atoms in total. The summed E-state index contributed by atoms with van der Waals surface area (Å²) in [5, 5.41) is 0. The van der Waals surface area contributed by atoms with Gasteiger partial charge in [0.1, 0.15) is 5.71 Å². The third kappa shape index (κ3) is 4.68. The number of halogens is 2. The van der Waals surface area contributed by atoms with Gasteiger partial charge in [-0.2, -0.15) is 15.0 Å². The number of morpholine rings is 1. The molecule has 0 aliphatic carbocycles. The first-order valence-electron chi connectivity index (χ1n) is 8.22. The molecule has 0 amide bonds. The zero-order chi connectivity index (χ0) is 18.4. The molecule has 0 atom stereocenters. The molecule has 0 unspecified atom stereocenters. The minimum Gasteiger partial charge on any atom is -0.378 e. The van der Waals surface area contributed by atoms with E-state index in [9.17, 15) is 8.78 Å². The molecule has 1 aromatic heterocycles. The van der Waals surface area contributed by atoms with E-state index in [0.29, 0.717) is 38.2 Å². The molecule has 0 N–H and O–H groups in total. The maximum Gasteiger partial charge on any atom is 0.280 e. The van der Waals surface area contributed by atoms with Crippen LogP contribution in [0.15, 0.2) is 11.6 Å². The molecule has 1 aliphatic rings. The smallest absolute Gasteiger partial charge is 0.280 e. The van der Waals surface area contributed by atoms with Crippen molar-refractivity contribution in [1.82, 2.24) is 15.0 Å². The van der Waals surface area contributed by atoms with E-state index in [-0.39, 0.29) is 11.4 Å². The average molecular weight is 354 g/mol. The second kappa shape index (κ2) is 8.80. The maximum absolute atomic E-state index is 13.2. The predicted octanol–water partition coefficient (Wildman–Crippen LogP) is 1.90. The molecule has 9 heteroatoms. The van der Waals surface area contributed by atoms with E-state index < -0.39 is 12.1 Å². The van der Waals surface area contributed by atoms with Gasteiger partial charge in [-0.3, -0.25) is 4.99 Å². The van der Waals surface area contributed by atoms with Gasteiger partial charge in [-0.05, 0) is 6.42 Å². The number of rotatable bonds is 7. The molecule has 0 aromatic carbocycles. The quantitative estimate of drug-likeness (QED) is 0.697. The van der Waals surface area contributed by atoms with E-state index in [1.807, 2.05) is 23.8 Å². The Morgan fingerprint density at radius 1 is 1.32 bits per heavy atom. The van der Waals surface area contributed by atoms with E-state index in [2.05, 4.69) is 26.5 Å². The van der Waals surface area contributed by atoms with Crippen LogP contribution in [0.3, 0.4) is 0 Å². The molecule has 2 rings (SSSR count). The Morgan fingerprint density at radius 2 is 2.00 bits per heavy atom. The minimum atomic E-state index is -2.74. The third-order valence-electron chi connectivity index (χ3n) is 3.83. The van der Waals surface area contributed by atoms with Crippen LogP contribution in [-0.4, -0.2) is 74.0 Å². The summed E-state index contributed by atoms with van der Waals surface area (Å²) in [6.45, 7) is 8.91. The fourth-order valence-electron chi connectivity index (χ4n) is 2.48. The van der Waals surface area contributed by atoms with Gasteiger partial charge in [-0.1, -0.05) is 13.5 Å². The molecule has 0 bridgehead atoms. The van der Waals surface area contributed by atoms with Crippen molar-refractivity contribution in [1.29, 1.82) is 0 Å². The summed E-state index contributed by atoms with van der Waals surface area (Å²) < 4.78 is 31.7. The molecule has 0 radical (unpaired) electrons. The fraction of sp³-hybridized carbons (Fsp3) is 0.625. The van der Waals surface area contributed by atoms with Crippen LogP contribution < -0.4 is 9.80 Å². The van der Waals surface area contributed by atoms with Crippen molar-refractivity contribution in [3.05, 3.63) is 12.4 Å². The molecule has 0 saturated carbocycles. The van der Waals surface area contributed by atoms with Crippen LogP contribution in [-0.2, 0) is 4.74 Å². The first-order chi connectivity index (χ1) is 12.0. The topological polar surface area (TPSA) is 66.7 Å². The van der Waals surface area contributed by atoms with Crippen LogP contribution in [0.25, 0.3) is 5.57 Å². The fourth-order valence-corrected chi connectivity index (χ4v) is 2.48. The van der Waals surface area contributed by atoms with Gasteiger partial charge in [0.15, 0.2) is 5.82 Å². The highest BCUT2D eigenvalue weighted by atomic mass is 19.3. The largest absolute Gasteiger partial charge is 0.378 e. The van der Waals surface area contributed by atoms with E-state index in [1.54, 1.807) is 0 Å². The van der Waals surface area contributed by atoms with Crippen LogP contribution in [0.2, 0.25) is 0 Å². The molecule has 1 aliphatic heterocycles. The van der Waals surface area contributed by atoms with Gasteiger partial charge in [-0.15, -0.1) is 0 Å². The highest BCUT2D eigenvalue weighted by molar-refractivity contribution is 6.23. The number of alkyl halides is 2. The molecule has 1 aromatic rings. The summed E-state index contributed by atoms with van der Waals surface area (Å²) >= 11 is 0. The second-order valence-electron chi connectivity index (χ2n) is 5.67. The van der Waals surface area contributed by atoms with Crippen molar-refractivity contribution in [2.45, 2.75) is 19.8 Å². The first-order valence-corrected chi connectivity index (χ1v) is 8.22. The number of anilines is 2. The van der Waals surface area contributed by atoms with E-state index >= 15 is 0 Å². The average Bonchev–Trinajstić information content (AvgIpc) is 2.62. The SMILES string of the molecule is C=C(/C(=N\C)C(F)F)c1nc(N(C)CCC)nc(N2CCOCC2)n1. The first kappa shape index (κ1) is 19.2. The lowest BCUT2D eigenvalue weighted by molar-refractivity contribution is 0.122. The summed E-state index contributed by atoms with van der Waals surface area (Å²) in [6.07, 6.45) is -1.83. The van der Waals surface area contributed by atoms with Crippen molar-refractivity contribution < 1.29 is 13.5 Å². The third-order valence-corrected chi connectivity index (χ3v) is 3.83. The molecule has 0 spiro atoms. The molecule has 25 heavy (non-hydrogen) atoms. The van der Waals surface area contributed by atoms with Gasteiger partial charge >= 0.3 is 0 Å². The number of hydrogen-bond acceptors (Lipinski definition) is 7. The summed E-state index contributed by atoms with van der Waals surface area (Å²) in [7, 11) is 3.16. The van der Waals surface area contributed by atoms with Crippen LogP contribution >= 0.6 is 0 Å². The minimum absolute atomic E-state index is 0.0144. The predicted molar refractivity (Wildman–Crippen MR) is 94.8 cm³/mol. The molecular weight excluding hydrogens is 330 g/mol. The summed E-state index contributed by atoms with van der Waals surface area (Å²) in [6, 6.07) is 0. The van der Waals surface area contributed by atoms with Crippen LogP contribution in [0.4, 0.5) is 20.7 Å². The number of aliphatic imine (C=N–C) groups is 1. The lowest BCUT2D eigenvalue weighted by atomic mass is 10.1. The van der Waals surface area contributed by atoms with Gasteiger partial charge in [0.2, 0.25) is 11.9 Å². The lowest BCUT2D eigenvalue weighted by Gasteiger charge is -2.28. The highest BCUT2D eigenvalue weighted by Gasteiger charge is 2.23. The van der Waals surface area contributed by atoms with Gasteiger partial charge in [0, 0.05) is 39.3 Å². The molecule has 1 fully saturated rings. The summed E-state index contributed by atoms with van der Waals surface area (Å²) in [4.78, 5) is 20.6. The Morgan fingerprint density at radius 3 is 2.56 bits per heavy atom.